The van der Waals surface area contributed by atoms with Crippen LogP contribution in [0.5, 0.6) is 5.75 Å². The van der Waals surface area contributed by atoms with Crippen molar-refractivity contribution in [1.29, 1.82) is 0 Å². The second kappa shape index (κ2) is 7.49. The normalized spacial score (nSPS) is 19.9. The summed E-state index contributed by atoms with van der Waals surface area (Å²) in [7, 11) is 0. The second-order valence-corrected chi connectivity index (χ2v) is 3.68. The fourth-order valence-corrected chi connectivity index (χ4v) is 1.64. The summed E-state index contributed by atoms with van der Waals surface area (Å²) in [5, 5.41) is 3.40. The van der Waals surface area contributed by atoms with Gasteiger partial charge in [0.25, 0.3) is 0 Å². The Morgan fingerprint density at radius 3 is 2.81 bits per heavy atom. The number of benzene rings is 1. The maximum absolute atomic E-state index is 5.61. The van der Waals surface area contributed by atoms with Crippen LogP contribution in [0.2, 0.25) is 0 Å². The number of nitrogens with one attached hydrogen (secondary N) is 1. The molecule has 0 unspecified atom stereocenters. The van der Waals surface area contributed by atoms with Gasteiger partial charge in [0.2, 0.25) is 0 Å². The molecule has 3 nitrogen and oxygen atoms in total. The summed E-state index contributed by atoms with van der Waals surface area (Å²) >= 11 is 0. The number of ether oxygens (including phenoxy) is 2. The zero-order valence-corrected chi connectivity index (χ0v) is 10.0. The molecule has 0 saturated carbocycles. The largest absolute Gasteiger partial charge is 0.494 e. The molecular formula is C12H18ClNO2. The van der Waals surface area contributed by atoms with Gasteiger partial charge < -0.3 is 14.8 Å². The molecule has 1 fully saturated rings. The van der Waals surface area contributed by atoms with E-state index >= 15 is 0 Å². The first-order valence-corrected chi connectivity index (χ1v) is 5.44. The van der Waals surface area contributed by atoms with Crippen molar-refractivity contribution < 1.29 is 9.47 Å². The van der Waals surface area contributed by atoms with Crippen LogP contribution in [-0.4, -0.2) is 32.4 Å². The number of morpholine rings is 1. The van der Waals surface area contributed by atoms with Crippen LogP contribution in [0, 0.1) is 0 Å². The van der Waals surface area contributed by atoms with Gasteiger partial charge in [0.1, 0.15) is 5.75 Å². The van der Waals surface area contributed by atoms with E-state index in [2.05, 4.69) is 5.32 Å². The molecule has 0 spiro atoms. The highest BCUT2D eigenvalue weighted by Crippen LogP contribution is 2.09. The van der Waals surface area contributed by atoms with Crippen molar-refractivity contribution in [2.75, 3.05) is 26.4 Å². The highest BCUT2D eigenvalue weighted by atomic mass is 35.5. The van der Waals surface area contributed by atoms with Crippen LogP contribution >= 0.6 is 12.4 Å². The highest BCUT2D eigenvalue weighted by molar-refractivity contribution is 5.85. The predicted octanol–water partition coefficient (Wildman–Crippen LogP) is 1.87. The SMILES string of the molecule is Cl.c1ccc(OCC[C@H]2COCCN2)cc1. The highest BCUT2D eigenvalue weighted by Gasteiger charge is 2.12. The smallest absolute Gasteiger partial charge is 0.119 e. The lowest BCUT2D eigenvalue weighted by atomic mass is 10.2. The van der Waals surface area contributed by atoms with E-state index in [9.17, 15) is 0 Å². The van der Waals surface area contributed by atoms with Crippen molar-refractivity contribution >= 4 is 12.4 Å². The average Bonchev–Trinajstić information content (AvgIpc) is 2.32. The van der Waals surface area contributed by atoms with Gasteiger partial charge in [-0.2, -0.15) is 0 Å². The minimum atomic E-state index is 0. The summed E-state index contributed by atoms with van der Waals surface area (Å²) < 4.78 is 11.0. The standard InChI is InChI=1S/C12H17NO2.ClH/c1-2-4-12(5-3-1)15-8-6-11-10-14-9-7-13-11;/h1-5,11,13H,6-10H2;1H/t11-;/m0./s1. The van der Waals surface area contributed by atoms with E-state index in [0.29, 0.717) is 6.04 Å². The van der Waals surface area contributed by atoms with Gasteiger partial charge in [-0.25, -0.2) is 0 Å². The minimum Gasteiger partial charge on any atom is -0.494 e. The molecule has 4 heteroatoms. The van der Waals surface area contributed by atoms with Gasteiger partial charge in [-0.15, -0.1) is 12.4 Å². The number of hydrogen-bond acceptors (Lipinski definition) is 3. The molecule has 0 bridgehead atoms. The molecular weight excluding hydrogens is 226 g/mol. The zero-order chi connectivity index (χ0) is 10.3. The average molecular weight is 244 g/mol. The fourth-order valence-electron chi connectivity index (χ4n) is 1.64. The molecule has 1 aromatic rings. The zero-order valence-electron chi connectivity index (χ0n) is 9.22. The van der Waals surface area contributed by atoms with Gasteiger partial charge in [-0.1, -0.05) is 18.2 Å². The molecule has 1 aromatic carbocycles. The van der Waals surface area contributed by atoms with E-state index in [1.54, 1.807) is 0 Å². The van der Waals surface area contributed by atoms with Crippen molar-refractivity contribution in [1.82, 2.24) is 5.32 Å². The van der Waals surface area contributed by atoms with Crippen LogP contribution in [0.1, 0.15) is 6.42 Å². The van der Waals surface area contributed by atoms with Crippen LogP contribution in [0.4, 0.5) is 0 Å². The maximum Gasteiger partial charge on any atom is 0.119 e. The van der Waals surface area contributed by atoms with Crippen LogP contribution < -0.4 is 10.1 Å². The molecule has 0 radical (unpaired) electrons. The Kier molecular flexibility index (Phi) is 6.23. The Hall–Kier alpha value is -0.770. The molecule has 1 aliphatic rings. The van der Waals surface area contributed by atoms with Gasteiger partial charge in [-0.05, 0) is 18.6 Å². The summed E-state index contributed by atoms with van der Waals surface area (Å²) in [6.45, 7) is 3.33. The van der Waals surface area contributed by atoms with E-state index in [-0.39, 0.29) is 12.4 Å². The molecule has 1 saturated heterocycles. The van der Waals surface area contributed by atoms with Crippen molar-refractivity contribution in [3.63, 3.8) is 0 Å². The summed E-state index contributed by atoms with van der Waals surface area (Å²) in [6.07, 6.45) is 0.995. The molecule has 1 N–H and O–H groups in total. The second-order valence-electron chi connectivity index (χ2n) is 3.68. The van der Waals surface area contributed by atoms with Gasteiger partial charge in [0, 0.05) is 12.6 Å². The monoisotopic (exact) mass is 243 g/mol. The lowest BCUT2D eigenvalue weighted by molar-refractivity contribution is 0.0691. The third-order valence-electron chi connectivity index (χ3n) is 2.48. The van der Waals surface area contributed by atoms with E-state index in [0.717, 1.165) is 38.5 Å². The molecule has 0 aromatic heterocycles. The van der Waals surface area contributed by atoms with Crippen LogP contribution in [0.25, 0.3) is 0 Å². The van der Waals surface area contributed by atoms with Gasteiger partial charge >= 0.3 is 0 Å². The molecule has 1 heterocycles. The quantitative estimate of drug-likeness (QED) is 0.876. The molecule has 0 aliphatic carbocycles. The summed E-state index contributed by atoms with van der Waals surface area (Å²) in [4.78, 5) is 0. The Labute approximate surface area is 103 Å². The van der Waals surface area contributed by atoms with Gasteiger partial charge in [-0.3, -0.25) is 0 Å². The topological polar surface area (TPSA) is 30.5 Å². The van der Waals surface area contributed by atoms with Crippen LogP contribution in [-0.2, 0) is 4.74 Å². The van der Waals surface area contributed by atoms with Gasteiger partial charge in [0.15, 0.2) is 0 Å². The first-order chi connectivity index (χ1) is 7.45. The van der Waals surface area contributed by atoms with E-state index in [4.69, 9.17) is 9.47 Å². The van der Waals surface area contributed by atoms with Crippen LogP contribution in [0.3, 0.4) is 0 Å². The van der Waals surface area contributed by atoms with Crippen molar-refractivity contribution in [2.45, 2.75) is 12.5 Å². The molecule has 2 rings (SSSR count). The lowest BCUT2D eigenvalue weighted by Gasteiger charge is -2.23. The number of rotatable bonds is 4. The fraction of sp³-hybridized carbons (Fsp3) is 0.500. The molecule has 16 heavy (non-hydrogen) atoms. The molecule has 0 amide bonds. The van der Waals surface area contributed by atoms with Crippen molar-refractivity contribution in [2.24, 2.45) is 0 Å². The summed E-state index contributed by atoms with van der Waals surface area (Å²) in [6, 6.07) is 10.4. The number of halogens is 1. The molecule has 1 atom stereocenters. The number of para-hydroxylation sites is 1. The Morgan fingerprint density at radius 1 is 1.31 bits per heavy atom. The van der Waals surface area contributed by atoms with Gasteiger partial charge in [0.05, 0.1) is 19.8 Å². The third kappa shape index (κ3) is 4.39. The van der Waals surface area contributed by atoms with Crippen molar-refractivity contribution in [3.8, 4) is 5.75 Å². The Bertz CT molecular complexity index is 276. The first kappa shape index (κ1) is 13.3. The molecule has 90 valence electrons. The number of hydrogen-bond donors (Lipinski definition) is 1. The summed E-state index contributed by atoms with van der Waals surface area (Å²) in [5.41, 5.74) is 0. The predicted molar refractivity (Wildman–Crippen MR) is 66.4 cm³/mol. The Balaban J connectivity index is 0.00000128. The minimum absolute atomic E-state index is 0. The van der Waals surface area contributed by atoms with E-state index in [1.165, 1.54) is 0 Å². The third-order valence-corrected chi connectivity index (χ3v) is 2.48. The molecule has 1 aliphatic heterocycles. The lowest BCUT2D eigenvalue weighted by Crippen LogP contribution is -2.41. The van der Waals surface area contributed by atoms with E-state index < -0.39 is 0 Å². The van der Waals surface area contributed by atoms with Crippen molar-refractivity contribution in [3.05, 3.63) is 30.3 Å². The maximum atomic E-state index is 5.61. The first-order valence-electron chi connectivity index (χ1n) is 5.44. The Morgan fingerprint density at radius 2 is 2.12 bits per heavy atom. The van der Waals surface area contributed by atoms with Crippen LogP contribution in [0.15, 0.2) is 30.3 Å². The summed E-state index contributed by atoms with van der Waals surface area (Å²) in [5.74, 6) is 0.939. The van der Waals surface area contributed by atoms with E-state index in [1.807, 2.05) is 30.3 Å².